The van der Waals surface area contributed by atoms with Crippen molar-refractivity contribution in [1.29, 1.82) is 0 Å². The molecule has 1 N–H and O–H groups in total. The topological polar surface area (TPSA) is 81.9 Å². The first-order chi connectivity index (χ1) is 19.3. The third kappa shape index (κ3) is 4.74. The average Bonchev–Trinajstić information content (AvgIpc) is 3.59. The van der Waals surface area contributed by atoms with E-state index in [2.05, 4.69) is 20.9 Å². The summed E-state index contributed by atoms with van der Waals surface area (Å²) >= 11 is 9.69. The van der Waals surface area contributed by atoms with Crippen LogP contribution >= 0.6 is 27.5 Å². The van der Waals surface area contributed by atoms with Gasteiger partial charge in [-0.05, 0) is 69.5 Å². The number of halogens is 2. The van der Waals surface area contributed by atoms with Crippen molar-refractivity contribution < 1.29 is 9.21 Å². The Hall–Kier alpha value is -4.14. The van der Waals surface area contributed by atoms with Crippen molar-refractivity contribution in [3.05, 3.63) is 122 Å². The Balaban J connectivity index is 1.54. The average molecular weight is 616 g/mol. The highest BCUT2D eigenvalue weighted by atomic mass is 79.9. The van der Waals surface area contributed by atoms with E-state index in [1.807, 2.05) is 79.7 Å². The van der Waals surface area contributed by atoms with E-state index in [0.29, 0.717) is 32.9 Å². The summed E-state index contributed by atoms with van der Waals surface area (Å²) < 4.78 is 6.03. The number of nitrogens with one attached hydrogen (secondary N) is 1. The molecule has 1 aliphatic heterocycles. The fourth-order valence-electron chi connectivity index (χ4n) is 5.09. The summed E-state index contributed by atoms with van der Waals surface area (Å²) in [7, 11) is 3.94. The lowest BCUT2D eigenvalue weighted by Crippen LogP contribution is -2.26. The Kier molecular flexibility index (Phi) is 6.82. The molecule has 0 bridgehead atoms. The first-order valence-corrected chi connectivity index (χ1v) is 13.8. The van der Waals surface area contributed by atoms with Crippen LogP contribution < -0.4 is 10.5 Å². The second kappa shape index (κ2) is 10.4. The Morgan fingerprint density at radius 1 is 1.02 bits per heavy atom. The van der Waals surface area contributed by atoms with Gasteiger partial charge in [0.15, 0.2) is 10.4 Å². The molecule has 3 aromatic carbocycles. The van der Waals surface area contributed by atoms with Gasteiger partial charge >= 0.3 is 5.91 Å². The Labute approximate surface area is 243 Å². The summed E-state index contributed by atoms with van der Waals surface area (Å²) in [5.41, 5.74) is 4.79. The molecule has 40 heavy (non-hydrogen) atoms. The quantitative estimate of drug-likeness (QED) is 0.226. The summed E-state index contributed by atoms with van der Waals surface area (Å²) in [4.78, 5) is 32.4. The summed E-state index contributed by atoms with van der Waals surface area (Å²) in [6, 6.07) is 25.9. The number of H-pyrrole nitrogens is 1. The smallest absolute Gasteiger partial charge is 0.310 e. The van der Waals surface area contributed by atoms with Crippen molar-refractivity contribution in [2.75, 3.05) is 19.0 Å². The zero-order valence-corrected chi connectivity index (χ0v) is 24.0. The normalized spacial score (nSPS) is 14.9. The van der Waals surface area contributed by atoms with Crippen LogP contribution in [0.2, 0.25) is 5.02 Å². The van der Waals surface area contributed by atoms with E-state index in [0.717, 1.165) is 27.8 Å². The molecule has 1 atom stereocenters. The number of carbonyl (C=O) groups excluding carboxylic acids is 1. The van der Waals surface area contributed by atoms with Crippen molar-refractivity contribution in [3.8, 4) is 11.1 Å². The maximum absolute atomic E-state index is 13.7. The lowest BCUT2D eigenvalue weighted by Gasteiger charge is -2.22. The summed E-state index contributed by atoms with van der Waals surface area (Å²) in [6.45, 7) is 0. The second-order valence-electron chi connectivity index (χ2n) is 9.77. The summed E-state index contributed by atoms with van der Waals surface area (Å²) in [5.74, 6) is -0.252. The molecule has 1 amide bonds. The highest BCUT2D eigenvalue weighted by Gasteiger charge is 2.37. The van der Waals surface area contributed by atoms with Crippen LogP contribution in [0.1, 0.15) is 34.1 Å². The maximum atomic E-state index is 13.7. The first-order valence-electron chi connectivity index (χ1n) is 12.6. The number of carbonyl (C=O) groups is 1. The summed E-state index contributed by atoms with van der Waals surface area (Å²) in [6.07, 6.45) is 0.337. The minimum absolute atomic E-state index is 0.147. The fraction of sp³-hybridized carbons (Fsp3) is 0.129. The number of aromatic nitrogens is 1. The molecule has 0 aliphatic carbocycles. The number of hydrogen-bond acceptors (Lipinski definition) is 5. The van der Waals surface area contributed by atoms with Crippen molar-refractivity contribution >= 4 is 55.7 Å². The van der Waals surface area contributed by atoms with E-state index in [4.69, 9.17) is 21.1 Å². The standard InChI is InChI=1S/C31H24BrClN4O3/c1-36(2)21-11-8-18(9-12-21)25-17-24(35-37(25)31(39)26-14-15-27(32)40-26)29-28(19-6-4-3-5-7-19)22-16-20(33)10-13-23(22)34-30(29)38/h3-16,25H,17H2,1-2H3,(H,34,38)/t25-/m0/s1. The van der Waals surface area contributed by atoms with Crippen molar-refractivity contribution in [2.24, 2.45) is 5.10 Å². The number of benzene rings is 3. The molecule has 2 aromatic heterocycles. The van der Waals surface area contributed by atoms with Crippen LogP contribution in [0.4, 0.5) is 5.69 Å². The second-order valence-corrected chi connectivity index (χ2v) is 11.0. The Morgan fingerprint density at radius 3 is 2.45 bits per heavy atom. The number of fused-ring (bicyclic) bond motifs is 1. The number of pyridine rings is 1. The fourth-order valence-corrected chi connectivity index (χ4v) is 5.57. The number of hydrogen-bond donors (Lipinski definition) is 1. The lowest BCUT2D eigenvalue weighted by atomic mass is 9.91. The van der Waals surface area contributed by atoms with E-state index in [-0.39, 0.29) is 11.3 Å². The van der Waals surface area contributed by atoms with Gasteiger partial charge in [-0.25, -0.2) is 5.01 Å². The Morgan fingerprint density at radius 2 is 1.77 bits per heavy atom. The number of amides is 1. The molecule has 3 heterocycles. The molecule has 0 spiro atoms. The van der Waals surface area contributed by atoms with Crippen LogP contribution in [-0.4, -0.2) is 35.7 Å². The van der Waals surface area contributed by atoms with Gasteiger partial charge in [0, 0.05) is 47.7 Å². The minimum Gasteiger partial charge on any atom is -0.444 e. The molecule has 9 heteroatoms. The SMILES string of the molecule is CN(C)c1ccc([C@@H]2CC(c3c(-c4ccccc4)c4cc(Cl)ccc4[nH]c3=O)=NN2C(=O)c2ccc(Br)o2)cc1. The third-order valence-electron chi connectivity index (χ3n) is 7.02. The van der Waals surface area contributed by atoms with Crippen LogP contribution in [0.25, 0.3) is 22.0 Å². The number of hydrazone groups is 1. The van der Waals surface area contributed by atoms with E-state index < -0.39 is 11.9 Å². The molecule has 7 nitrogen and oxygen atoms in total. The van der Waals surface area contributed by atoms with E-state index in [1.165, 1.54) is 5.01 Å². The van der Waals surface area contributed by atoms with Crippen molar-refractivity contribution in [3.63, 3.8) is 0 Å². The number of aromatic amines is 1. The molecule has 0 radical (unpaired) electrons. The zero-order chi connectivity index (χ0) is 28.0. The van der Waals surface area contributed by atoms with Gasteiger partial charge in [-0.15, -0.1) is 0 Å². The van der Waals surface area contributed by atoms with E-state index >= 15 is 0 Å². The number of anilines is 1. The zero-order valence-electron chi connectivity index (χ0n) is 21.7. The van der Waals surface area contributed by atoms with Crippen molar-refractivity contribution in [1.82, 2.24) is 9.99 Å². The van der Waals surface area contributed by atoms with Gasteiger partial charge in [-0.2, -0.15) is 5.10 Å². The molecule has 200 valence electrons. The van der Waals surface area contributed by atoms with E-state index in [9.17, 15) is 9.59 Å². The van der Waals surface area contributed by atoms with E-state index in [1.54, 1.807) is 24.3 Å². The number of nitrogens with zero attached hydrogens (tertiary/aromatic N) is 3. The first kappa shape index (κ1) is 26.1. The highest BCUT2D eigenvalue weighted by Crippen LogP contribution is 2.38. The van der Waals surface area contributed by atoms with Crippen LogP contribution in [0.5, 0.6) is 0 Å². The predicted molar refractivity (Wildman–Crippen MR) is 162 cm³/mol. The molecular formula is C31H24BrClN4O3. The van der Waals surface area contributed by atoms with Gasteiger partial charge in [0.05, 0.1) is 17.3 Å². The molecule has 0 unspecified atom stereocenters. The third-order valence-corrected chi connectivity index (χ3v) is 7.69. The number of rotatable bonds is 5. The van der Waals surface area contributed by atoms with Gasteiger partial charge in [-0.3, -0.25) is 9.59 Å². The van der Waals surface area contributed by atoms with Crippen LogP contribution in [0.3, 0.4) is 0 Å². The highest BCUT2D eigenvalue weighted by molar-refractivity contribution is 9.10. The molecule has 1 aliphatic rings. The van der Waals surface area contributed by atoms with Gasteiger partial charge in [-0.1, -0.05) is 54.1 Å². The lowest BCUT2D eigenvalue weighted by molar-refractivity contribution is 0.0677. The summed E-state index contributed by atoms with van der Waals surface area (Å²) in [5, 5.41) is 7.56. The number of furan rings is 1. The van der Waals surface area contributed by atoms with Gasteiger partial charge in [0.2, 0.25) is 0 Å². The largest absolute Gasteiger partial charge is 0.444 e. The van der Waals surface area contributed by atoms with Crippen LogP contribution in [-0.2, 0) is 0 Å². The van der Waals surface area contributed by atoms with Gasteiger partial charge in [0.1, 0.15) is 0 Å². The monoisotopic (exact) mass is 614 g/mol. The molecule has 6 rings (SSSR count). The van der Waals surface area contributed by atoms with Crippen LogP contribution in [0, 0.1) is 0 Å². The molecule has 5 aromatic rings. The minimum atomic E-state index is -0.444. The van der Waals surface area contributed by atoms with Crippen LogP contribution in [0.15, 0.2) is 104 Å². The van der Waals surface area contributed by atoms with Crippen molar-refractivity contribution in [2.45, 2.75) is 12.5 Å². The molecular weight excluding hydrogens is 592 g/mol. The maximum Gasteiger partial charge on any atom is 0.310 e. The molecule has 0 saturated heterocycles. The molecule has 0 saturated carbocycles. The Bertz CT molecular complexity index is 1830. The van der Waals surface area contributed by atoms with Gasteiger partial charge < -0.3 is 14.3 Å². The predicted octanol–water partition coefficient (Wildman–Crippen LogP) is 7.26. The van der Waals surface area contributed by atoms with Gasteiger partial charge in [0.25, 0.3) is 5.56 Å². The molecule has 0 fully saturated rings.